The molecule has 1 unspecified atom stereocenters. The van der Waals surface area contributed by atoms with Gasteiger partial charge in [0, 0.05) is 65.1 Å². The molecular weight excluding hydrogens is 383 g/mol. The van der Waals surface area contributed by atoms with E-state index in [1.165, 1.54) is 4.90 Å². The van der Waals surface area contributed by atoms with Gasteiger partial charge in [0.15, 0.2) is 5.69 Å². The third-order valence-corrected chi connectivity index (χ3v) is 4.71. The monoisotopic (exact) mass is 409 g/mol. The molecule has 10 heteroatoms. The highest BCUT2D eigenvalue weighted by atomic mass is 19.4. The van der Waals surface area contributed by atoms with Gasteiger partial charge in [0.1, 0.15) is 11.6 Å². The van der Waals surface area contributed by atoms with Gasteiger partial charge in [0.05, 0.1) is 0 Å². The number of piperazine rings is 1. The van der Waals surface area contributed by atoms with Gasteiger partial charge >= 0.3 is 6.18 Å². The average Bonchev–Trinajstić information content (AvgIpc) is 2.68. The SMILES string of the molecule is CC(CN1CCN(c2ccccn2)CC1)Nc1nc(N(C)C)cc(C(F)(F)F)n1. The maximum absolute atomic E-state index is 13.1. The summed E-state index contributed by atoms with van der Waals surface area (Å²) in [4.78, 5) is 18.3. The van der Waals surface area contributed by atoms with E-state index in [-0.39, 0.29) is 17.8 Å². The standard InChI is InChI=1S/C19H26F3N7/c1-14(13-28-8-10-29(11-9-28)16-6-4-5-7-23-16)24-18-25-15(19(20,21)22)12-17(26-18)27(2)3/h4-7,12,14H,8-11,13H2,1-3H3,(H,24,25,26). The van der Waals surface area contributed by atoms with Gasteiger partial charge in [0.2, 0.25) is 5.95 Å². The largest absolute Gasteiger partial charge is 0.433 e. The molecule has 1 saturated heterocycles. The minimum absolute atomic E-state index is 0.0110. The molecule has 1 aliphatic heterocycles. The Kier molecular flexibility index (Phi) is 6.41. The molecule has 0 amide bonds. The quantitative estimate of drug-likeness (QED) is 0.787. The minimum Gasteiger partial charge on any atom is -0.363 e. The second-order valence-corrected chi connectivity index (χ2v) is 7.35. The fourth-order valence-electron chi connectivity index (χ4n) is 3.23. The molecule has 3 heterocycles. The maximum atomic E-state index is 13.1. The second-order valence-electron chi connectivity index (χ2n) is 7.35. The number of rotatable bonds is 6. The molecule has 0 radical (unpaired) electrons. The number of hydrogen-bond acceptors (Lipinski definition) is 7. The zero-order valence-corrected chi connectivity index (χ0v) is 16.8. The van der Waals surface area contributed by atoms with Crippen LogP contribution in [0.1, 0.15) is 12.6 Å². The smallest absolute Gasteiger partial charge is 0.363 e. The minimum atomic E-state index is -4.52. The Morgan fingerprint density at radius 1 is 1.14 bits per heavy atom. The van der Waals surface area contributed by atoms with Gasteiger partial charge in [-0.15, -0.1) is 0 Å². The number of nitrogens with one attached hydrogen (secondary N) is 1. The van der Waals surface area contributed by atoms with Crippen molar-refractivity contribution in [2.75, 3.05) is 61.9 Å². The molecule has 2 aromatic heterocycles. The third-order valence-electron chi connectivity index (χ3n) is 4.71. The first-order valence-corrected chi connectivity index (χ1v) is 9.51. The van der Waals surface area contributed by atoms with Crippen molar-refractivity contribution in [1.82, 2.24) is 19.9 Å². The number of alkyl halides is 3. The van der Waals surface area contributed by atoms with Crippen molar-refractivity contribution in [3.63, 3.8) is 0 Å². The van der Waals surface area contributed by atoms with Gasteiger partial charge in [0.25, 0.3) is 0 Å². The highest BCUT2D eigenvalue weighted by molar-refractivity contribution is 5.44. The number of anilines is 3. The molecular formula is C19H26F3N7. The van der Waals surface area contributed by atoms with Crippen molar-refractivity contribution in [3.8, 4) is 0 Å². The second kappa shape index (κ2) is 8.81. The van der Waals surface area contributed by atoms with E-state index in [9.17, 15) is 13.2 Å². The van der Waals surface area contributed by atoms with Gasteiger partial charge in [-0.25, -0.2) is 9.97 Å². The van der Waals surface area contributed by atoms with Crippen LogP contribution in [0.2, 0.25) is 0 Å². The van der Waals surface area contributed by atoms with Gasteiger partial charge in [-0.1, -0.05) is 6.07 Å². The van der Waals surface area contributed by atoms with Crippen molar-refractivity contribution >= 4 is 17.6 Å². The van der Waals surface area contributed by atoms with Gasteiger partial charge in [-0.3, -0.25) is 4.90 Å². The van der Waals surface area contributed by atoms with Crippen LogP contribution in [0.5, 0.6) is 0 Å². The van der Waals surface area contributed by atoms with Crippen molar-refractivity contribution in [2.24, 2.45) is 0 Å². The zero-order valence-electron chi connectivity index (χ0n) is 16.8. The molecule has 0 aromatic carbocycles. The number of nitrogens with zero attached hydrogens (tertiary/aromatic N) is 6. The van der Waals surface area contributed by atoms with Crippen LogP contribution in [0.3, 0.4) is 0 Å². The van der Waals surface area contributed by atoms with E-state index >= 15 is 0 Å². The Labute approximate surface area is 168 Å². The molecule has 0 bridgehead atoms. The van der Waals surface area contributed by atoms with Crippen LogP contribution in [0.15, 0.2) is 30.5 Å². The number of hydrogen-bond donors (Lipinski definition) is 1. The van der Waals surface area contributed by atoms with Gasteiger partial charge in [-0.05, 0) is 19.1 Å². The van der Waals surface area contributed by atoms with E-state index in [1.807, 2.05) is 25.1 Å². The summed E-state index contributed by atoms with van der Waals surface area (Å²) in [5.41, 5.74) is -0.949. The molecule has 2 aromatic rings. The molecule has 1 aliphatic rings. The van der Waals surface area contributed by atoms with Crippen molar-refractivity contribution in [3.05, 3.63) is 36.2 Å². The third kappa shape index (κ3) is 5.69. The predicted molar refractivity (Wildman–Crippen MR) is 107 cm³/mol. The van der Waals surface area contributed by atoms with Crippen LogP contribution in [0.25, 0.3) is 0 Å². The van der Waals surface area contributed by atoms with Crippen LogP contribution in [0.4, 0.5) is 30.8 Å². The van der Waals surface area contributed by atoms with E-state index in [0.29, 0.717) is 6.54 Å². The molecule has 29 heavy (non-hydrogen) atoms. The Balaban J connectivity index is 1.58. The Bertz CT molecular complexity index is 790. The maximum Gasteiger partial charge on any atom is 0.433 e. The van der Waals surface area contributed by atoms with E-state index in [1.54, 1.807) is 20.3 Å². The first kappa shape index (κ1) is 21.1. The van der Waals surface area contributed by atoms with Crippen LogP contribution < -0.4 is 15.1 Å². The van der Waals surface area contributed by atoms with E-state index in [2.05, 4.69) is 30.1 Å². The summed E-state index contributed by atoms with van der Waals surface area (Å²) in [7, 11) is 3.30. The van der Waals surface area contributed by atoms with Crippen LogP contribution in [0, 0.1) is 0 Å². The summed E-state index contributed by atoms with van der Waals surface area (Å²) in [6, 6.07) is 6.71. The average molecular weight is 409 g/mol. The lowest BCUT2D eigenvalue weighted by molar-refractivity contribution is -0.141. The van der Waals surface area contributed by atoms with E-state index < -0.39 is 11.9 Å². The van der Waals surface area contributed by atoms with E-state index in [0.717, 1.165) is 38.1 Å². The summed E-state index contributed by atoms with van der Waals surface area (Å²) in [5, 5.41) is 3.02. The first-order valence-electron chi connectivity index (χ1n) is 9.51. The molecule has 1 fully saturated rings. The number of halogens is 3. The van der Waals surface area contributed by atoms with Crippen molar-refractivity contribution in [2.45, 2.75) is 19.1 Å². The predicted octanol–water partition coefficient (Wildman–Crippen LogP) is 2.58. The molecule has 1 N–H and O–H groups in total. The summed E-state index contributed by atoms with van der Waals surface area (Å²) >= 11 is 0. The molecule has 1 atom stereocenters. The van der Waals surface area contributed by atoms with Crippen LogP contribution >= 0.6 is 0 Å². The zero-order chi connectivity index (χ0) is 21.0. The summed E-state index contributed by atoms with van der Waals surface area (Å²) in [6.07, 6.45) is -2.74. The Morgan fingerprint density at radius 2 is 1.86 bits per heavy atom. The van der Waals surface area contributed by atoms with E-state index in [4.69, 9.17) is 0 Å². The summed E-state index contributed by atoms with van der Waals surface area (Å²) in [5.74, 6) is 1.17. The van der Waals surface area contributed by atoms with Crippen LogP contribution in [-0.2, 0) is 6.18 Å². The highest BCUT2D eigenvalue weighted by Gasteiger charge is 2.34. The lowest BCUT2D eigenvalue weighted by atomic mass is 10.2. The highest BCUT2D eigenvalue weighted by Crippen LogP contribution is 2.30. The fourth-order valence-corrected chi connectivity index (χ4v) is 3.23. The summed E-state index contributed by atoms with van der Waals surface area (Å²) < 4.78 is 39.4. The molecule has 3 rings (SSSR count). The lowest BCUT2D eigenvalue weighted by Gasteiger charge is -2.36. The van der Waals surface area contributed by atoms with Crippen molar-refractivity contribution < 1.29 is 13.2 Å². The van der Waals surface area contributed by atoms with Gasteiger partial charge in [-0.2, -0.15) is 18.2 Å². The Morgan fingerprint density at radius 3 is 2.45 bits per heavy atom. The Hall–Kier alpha value is -2.62. The lowest BCUT2D eigenvalue weighted by Crippen LogP contribution is -2.49. The van der Waals surface area contributed by atoms with Crippen molar-refractivity contribution in [1.29, 1.82) is 0 Å². The number of aromatic nitrogens is 3. The molecule has 158 valence electrons. The normalized spacial score (nSPS) is 16.6. The first-order chi connectivity index (χ1) is 13.7. The van der Waals surface area contributed by atoms with Gasteiger partial charge < -0.3 is 15.1 Å². The molecule has 0 spiro atoms. The molecule has 7 nitrogen and oxygen atoms in total. The molecule has 0 aliphatic carbocycles. The molecule has 0 saturated carbocycles. The number of pyridine rings is 1. The fraction of sp³-hybridized carbons (Fsp3) is 0.526. The van der Waals surface area contributed by atoms with Crippen LogP contribution in [-0.4, -0.2) is 72.7 Å². The topological polar surface area (TPSA) is 60.4 Å². The summed E-state index contributed by atoms with van der Waals surface area (Å²) in [6.45, 7) is 6.03.